The van der Waals surface area contributed by atoms with Crippen molar-refractivity contribution >= 4 is 35.1 Å². The molecular weight excluding hydrogens is 322 g/mol. The van der Waals surface area contributed by atoms with E-state index < -0.39 is 0 Å². The van der Waals surface area contributed by atoms with Crippen molar-refractivity contribution in [3.05, 3.63) is 22.7 Å². The van der Waals surface area contributed by atoms with E-state index >= 15 is 0 Å². The SMILES string of the molecule is CCNC(=S)N/N=C/c1cc(Cl)c(OC(C)C)c(OCC)c1. The quantitative estimate of drug-likeness (QED) is 0.452. The van der Waals surface area contributed by atoms with Gasteiger partial charge in [0, 0.05) is 6.54 Å². The summed E-state index contributed by atoms with van der Waals surface area (Å²) in [5, 5.41) is 7.95. The number of hydrazone groups is 1. The molecular formula is C15H22ClN3O2S. The van der Waals surface area contributed by atoms with Crippen molar-refractivity contribution < 1.29 is 9.47 Å². The van der Waals surface area contributed by atoms with Crippen molar-refractivity contribution in [2.75, 3.05) is 13.2 Å². The standard InChI is InChI=1S/C15H22ClN3O2S/c1-5-17-15(22)19-18-9-11-7-12(16)14(21-10(3)4)13(8-11)20-6-2/h7-10H,5-6H2,1-4H3,(H2,17,19,22)/b18-9+. The summed E-state index contributed by atoms with van der Waals surface area (Å²) in [6.45, 7) is 9.00. The Morgan fingerprint density at radius 2 is 2.14 bits per heavy atom. The number of nitrogens with one attached hydrogen (secondary N) is 2. The van der Waals surface area contributed by atoms with Crippen LogP contribution in [0.2, 0.25) is 5.02 Å². The second-order valence-corrected chi connectivity index (χ2v) is 5.47. The van der Waals surface area contributed by atoms with Gasteiger partial charge in [-0.1, -0.05) is 11.6 Å². The first-order valence-corrected chi connectivity index (χ1v) is 7.96. The number of hydrogen-bond acceptors (Lipinski definition) is 4. The van der Waals surface area contributed by atoms with Crippen molar-refractivity contribution in [3.63, 3.8) is 0 Å². The molecule has 5 nitrogen and oxygen atoms in total. The highest BCUT2D eigenvalue weighted by atomic mass is 35.5. The van der Waals surface area contributed by atoms with Gasteiger partial charge in [0.05, 0.1) is 23.9 Å². The molecule has 7 heteroatoms. The molecule has 22 heavy (non-hydrogen) atoms. The van der Waals surface area contributed by atoms with Crippen LogP contribution in [0.15, 0.2) is 17.2 Å². The van der Waals surface area contributed by atoms with Gasteiger partial charge in [-0.2, -0.15) is 5.10 Å². The van der Waals surface area contributed by atoms with Gasteiger partial charge < -0.3 is 14.8 Å². The summed E-state index contributed by atoms with van der Waals surface area (Å²) in [4.78, 5) is 0. The third-order valence-corrected chi connectivity index (χ3v) is 2.92. The summed E-state index contributed by atoms with van der Waals surface area (Å²) < 4.78 is 11.3. The van der Waals surface area contributed by atoms with Crippen molar-refractivity contribution in [3.8, 4) is 11.5 Å². The first-order valence-electron chi connectivity index (χ1n) is 7.17. The highest BCUT2D eigenvalue weighted by Crippen LogP contribution is 2.37. The lowest BCUT2D eigenvalue weighted by molar-refractivity contribution is 0.224. The predicted octanol–water partition coefficient (Wildman–Crippen LogP) is 3.34. The third kappa shape index (κ3) is 6.07. The van der Waals surface area contributed by atoms with Crippen molar-refractivity contribution in [2.24, 2.45) is 5.10 Å². The predicted molar refractivity (Wildman–Crippen MR) is 95.4 cm³/mol. The Morgan fingerprint density at radius 3 is 2.73 bits per heavy atom. The zero-order valence-corrected chi connectivity index (χ0v) is 14.8. The fourth-order valence-electron chi connectivity index (χ4n) is 1.64. The van der Waals surface area contributed by atoms with Crippen LogP contribution < -0.4 is 20.2 Å². The monoisotopic (exact) mass is 343 g/mol. The Hall–Kier alpha value is -1.53. The molecule has 1 rings (SSSR count). The van der Waals surface area contributed by atoms with Crippen LogP contribution in [-0.4, -0.2) is 30.6 Å². The largest absolute Gasteiger partial charge is 0.490 e. The maximum atomic E-state index is 6.28. The zero-order chi connectivity index (χ0) is 16.5. The number of rotatable bonds is 7. The van der Waals surface area contributed by atoms with Gasteiger partial charge in [-0.3, -0.25) is 5.43 Å². The molecule has 0 aliphatic heterocycles. The summed E-state index contributed by atoms with van der Waals surface area (Å²) in [6, 6.07) is 3.60. The van der Waals surface area contributed by atoms with Crippen molar-refractivity contribution in [2.45, 2.75) is 33.8 Å². The molecule has 1 aromatic carbocycles. The van der Waals surface area contributed by atoms with Gasteiger partial charge in [-0.05, 0) is 57.6 Å². The average Bonchev–Trinajstić information content (AvgIpc) is 2.43. The summed E-state index contributed by atoms with van der Waals surface area (Å²) in [5.74, 6) is 1.14. The van der Waals surface area contributed by atoms with Crippen molar-refractivity contribution in [1.29, 1.82) is 0 Å². The average molecular weight is 344 g/mol. The first-order chi connectivity index (χ1) is 10.5. The summed E-state index contributed by atoms with van der Waals surface area (Å²) in [6.07, 6.45) is 1.63. The molecule has 0 aliphatic carbocycles. The second-order valence-electron chi connectivity index (χ2n) is 4.66. The first kappa shape index (κ1) is 18.5. The highest BCUT2D eigenvalue weighted by molar-refractivity contribution is 7.80. The van der Waals surface area contributed by atoms with Crippen LogP contribution in [0.3, 0.4) is 0 Å². The van der Waals surface area contributed by atoms with Crippen LogP contribution in [0, 0.1) is 0 Å². The molecule has 0 saturated heterocycles. The molecule has 0 saturated carbocycles. The lowest BCUT2D eigenvalue weighted by Crippen LogP contribution is -2.31. The van der Waals surface area contributed by atoms with Gasteiger partial charge >= 0.3 is 0 Å². The molecule has 0 unspecified atom stereocenters. The molecule has 0 atom stereocenters. The Labute approximate surface area is 142 Å². The third-order valence-electron chi connectivity index (χ3n) is 2.40. The molecule has 0 aliphatic rings. The number of hydrogen-bond donors (Lipinski definition) is 2. The van der Waals surface area contributed by atoms with Gasteiger partial charge in [0.25, 0.3) is 0 Å². The van der Waals surface area contributed by atoms with Gasteiger partial charge in [0.1, 0.15) is 0 Å². The van der Waals surface area contributed by atoms with E-state index in [1.807, 2.05) is 33.8 Å². The normalized spacial score (nSPS) is 10.8. The van der Waals surface area contributed by atoms with E-state index in [-0.39, 0.29) is 6.10 Å². The molecule has 0 amide bonds. The van der Waals surface area contributed by atoms with Gasteiger partial charge in [0.15, 0.2) is 16.6 Å². The smallest absolute Gasteiger partial charge is 0.186 e. The van der Waals surface area contributed by atoms with Crippen LogP contribution in [0.5, 0.6) is 11.5 Å². The maximum Gasteiger partial charge on any atom is 0.186 e. The zero-order valence-electron chi connectivity index (χ0n) is 13.3. The van der Waals surface area contributed by atoms with Gasteiger partial charge in [-0.25, -0.2) is 0 Å². The lowest BCUT2D eigenvalue weighted by atomic mass is 10.2. The van der Waals surface area contributed by atoms with Crippen LogP contribution in [-0.2, 0) is 0 Å². The molecule has 0 fully saturated rings. The van der Waals surface area contributed by atoms with E-state index in [0.717, 1.165) is 12.1 Å². The fraction of sp³-hybridized carbons (Fsp3) is 0.467. The van der Waals surface area contributed by atoms with Gasteiger partial charge in [0.2, 0.25) is 0 Å². The Bertz CT molecular complexity index is 536. The maximum absolute atomic E-state index is 6.28. The van der Waals surface area contributed by atoms with E-state index in [1.54, 1.807) is 12.3 Å². The van der Waals surface area contributed by atoms with Crippen molar-refractivity contribution in [1.82, 2.24) is 10.7 Å². The van der Waals surface area contributed by atoms with Gasteiger partial charge in [-0.15, -0.1) is 0 Å². The van der Waals surface area contributed by atoms with E-state index in [9.17, 15) is 0 Å². The second kappa shape index (κ2) is 9.48. The molecule has 122 valence electrons. The van der Waals surface area contributed by atoms with E-state index in [1.165, 1.54) is 0 Å². The topological polar surface area (TPSA) is 54.9 Å². The minimum Gasteiger partial charge on any atom is -0.490 e. The number of halogens is 1. The summed E-state index contributed by atoms with van der Waals surface area (Å²) in [7, 11) is 0. The van der Waals surface area contributed by atoms with Crippen LogP contribution in [0.4, 0.5) is 0 Å². The minimum absolute atomic E-state index is 0.00961. The molecule has 1 aromatic rings. The van der Waals surface area contributed by atoms with E-state index in [0.29, 0.717) is 28.2 Å². The molecule has 0 heterocycles. The molecule has 0 bridgehead atoms. The van der Waals surface area contributed by atoms with Crippen LogP contribution in [0.1, 0.15) is 33.3 Å². The number of thiocarbonyl (C=S) groups is 1. The number of nitrogens with zero attached hydrogens (tertiary/aromatic N) is 1. The molecule has 0 radical (unpaired) electrons. The minimum atomic E-state index is 0.00961. The Kier molecular flexibility index (Phi) is 7.98. The Morgan fingerprint density at radius 1 is 1.41 bits per heavy atom. The summed E-state index contributed by atoms with van der Waals surface area (Å²) in [5.41, 5.74) is 3.51. The number of ether oxygens (including phenoxy) is 2. The summed E-state index contributed by atoms with van der Waals surface area (Å²) >= 11 is 11.3. The lowest BCUT2D eigenvalue weighted by Gasteiger charge is -2.16. The van der Waals surface area contributed by atoms with Crippen LogP contribution in [0.25, 0.3) is 0 Å². The molecule has 0 aromatic heterocycles. The van der Waals surface area contributed by atoms with E-state index in [4.69, 9.17) is 33.3 Å². The van der Waals surface area contributed by atoms with E-state index in [2.05, 4.69) is 15.8 Å². The molecule has 0 spiro atoms. The molecule has 2 N–H and O–H groups in total. The number of benzene rings is 1. The Balaban J connectivity index is 2.93. The highest BCUT2D eigenvalue weighted by Gasteiger charge is 2.13. The van der Waals surface area contributed by atoms with Crippen LogP contribution >= 0.6 is 23.8 Å². The fourth-order valence-corrected chi connectivity index (χ4v) is 2.10.